The van der Waals surface area contributed by atoms with Crippen molar-refractivity contribution in [3.63, 3.8) is 0 Å². The first kappa shape index (κ1) is 19.6. The molecule has 0 atom stereocenters. The molecule has 150 valence electrons. The van der Waals surface area contributed by atoms with Crippen LogP contribution in [0.4, 0.5) is 5.69 Å². The van der Waals surface area contributed by atoms with Gasteiger partial charge < -0.3 is 14.8 Å². The number of ketones is 1. The molecule has 1 aromatic heterocycles. The van der Waals surface area contributed by atoms with Crippen LogP contribution in [0.3, 0.4) is 0 Å². The maximum atomic E-state index is 12.2. The molecule has 0 aliphatic carbocycles. The largest absolute Gasteiger partial charge is 0.484 e. The molecule has 1 aliphatic heterocycles. The van der Waals surface area contributed by atoms with Gasteiger partial charge in [-0.25, -0.2) is 4.79 Å². The number of esters is 1. The third-order valence-corrected chi connectivity index (χ3v) is 5.26. The predicted octanol–water partition coefficient (Wildman–Crippen LogP) is 4.33. The van der Waals surface area contributed by atoms with Crippen LogP contribution in [0.5, 0.6) is 5.75 Å². The third kappa shape index (κ3) is 4.64. The summed E-state index contributed by atoms with van der Waals surface area (Å²) >= 11 is 1.56. The van der Waals surface area contributed by atoms with E-state index < -0.39 is 0 Å². The van der Waals surface area contributed by atoms with Crippen molar-refractivity contribution in [2.75, 3.05) is 11.9 Å². The Labute approximate surface area is 176 Å². The number of carbonyl (C=O) groups is 3. The molecule has 0 saturated carbocycles. The Balaban J connectivity index is 1.29. The van der Waals surface area contributed by atoms with E-state index in [0.717, 1.165) is 10.4 Å². The van der Waals surface area contributed by atoms with Crippen LogP contribution in [0.1, 0.15) is 31.2 Å². The molecule has 0 bridgehead atoms. The van der Waals surface area contributed by atoms with Gasteiger partial charge in [0.1, 0.15) is 12.4 Å². The second kappa shape index (κ2) is 8.75. The van der Waals surface area contributed by atoms with Crippen LogP contribution in [-0.2, 0) is 16.1 Å². The molecule has 4 rings (SSSR count). The van der Waals surface area contributed by atoms with E-state index in [0.29, 0.717) is 22.6 Å². The van der Waals surface area contributed by atoms with E-state index in [9.17, 15) is 14.4 Å². The topological polar surface area (TPSA) is 81.7 Å². The minimum atomic E-state index is -0.352. The number of carbonyl (C=O) groups excluding carboxylic acids is 3. The van der Waals surface area contributed by atoms with Gasteiger partial charge in [0.25, 0.3) is 5.91 Å². The summed E-state index contributed by atoms with van der Waals surface area (Å²) in [5.41, 5.74) is 2.37. The van der Waals surface area contributed by atoms with Gasteiger partial charge in [-0.15, -0.1) is 11.3 Å². The van der Waals surface area contributed by atoms with Crippen LogP contribution in [0.25, 0.3) is 6.08 Å². The first-order chi connectivity index (χ1) is 14.6. The SMILES string of the molecule is O=C(COc1ccc(C(=O)/C=C/c2cccs2)cc1)Nc1ccc2c(c1)COC2=O. The van der Waals surface area contributed by atoms with Crippen molar-refractivity contribution in [3.05, 3.63) is 87.6 Å². The predicted molar refractivity (Wildman–Crippen MR) is 114 cm³/mol. The van der Waals surface area contributed by atoms with Gasteiger partial charge in [0.05, 0.1) is 5.56 Å². The summed E-state index contributed by atoms with van der Waals surface area (Å²) in [6.45, 7) is 0.0278. The lowest BCUT2D eigenvalue weighted by molar-refractivity contribution is -0.118. The fourth-order valence-electron chi connectivity index (χ4n) is 2.91. The lowest BCUT2D eigenvalue weighted by atomic mass is 10.1. The minimum absolute atomic E-state index is 0.105. The van der Waals surface area contributed by atoms with Crippen molar-refractivity contribution in [2.45, 2.75) is 6.61 Å². The van der Waals surface area contributed by atoms with E-state index in [1.807, 2.05) is 17.5 Å². The van der Waals surface area contributed by atoms with Crippen molar-refractivity contribution < 1.29 is 23.9 Å². The molecule has 1 aliphatic rings. The molecule has 0 unspecified atom stereocenters. The van der Waals surface area contributed by atoms with E-state index in [4.69, 9.17) is 9.47 Å². The van der Waals surface area contributed by atoms with E-state index in [2.05, 4.69) is 5.32 Å². The van der Waals surface area contributed by atoms with Crippen molar-refractivity contribution >= 4 is 40.8 Å². The Morgan fingerprint density at radius 1 is 1.13 bits per heavy atom. The lowest BCUT2D eigenvalue weighted by Crippen LogP contribution is -2.20. The van der Waals surface area contributed by atoms with Gasteiger partial charge in [0.15, 0.2) is 12.4 Å². The zero-order valence-corrected chi connectivity index (χ0v) is 16.6. The average Bonchev–Trinajstić information content (AvgIpc) is 3.41. The molecule has 0 saturated heterocycles. The van der Waals surface area contributed by atoms with Gasteiger partial charge in [-0.05, 0) is 66.1 Å². The minimum Gasteiger partial charge on any atom is -0.484 e. The monoisotopic (exact) mass is 419 g/mol. The molecule has 2 heterocycles. The molecular formula is C23H17NO5S. The fourth-order valence-corrected chi connectivity index (χ4v) is 3.53. The number of allylic oxidation sites excluding steroid dienone is 1. The van der Waals surface area contributed by atoms with Gasteiger partial charge in [-0.3, -0.25) is 9.59 Å². The molecule has 1 N–H and O–H groups in total. The van der Waals surface area contributed by atoms with Gasteiger partial charge in [0, 0.05) is 21.7 Å². The molecule has 30 heavy (non-hydrogen) atoms. The van der Waals surface area contributed by atoms with Gasteiger partial charge >= 0.3 is 5.97 Å². The highest BCUT2D eigenvalue weighted by atomic mass is 32.1. The van der Waals surface area contributed by atoms with Crippen LogP contribution in [-0.4, -0.2) is 24.3 Å². The maximum absolute atomic E-state index is 12.2. The lowest BCUT2D eigenvalue weighted by Gasteiger charge is -2.08. The van der Waals surface area contributed by atoms with E-state index in [-0.39, 0.29) is 30.9 Å². The van der Waals surface area contributed by atoms with Gasteiger partial charge in [-0.1, -0.05) is 6.07 Å². The van der Waals surface area contributed by atoms with Crippen LogP contribution in [0, 0.1) is 0 Å². The van der Waals surface area contributed by atoms with Crippen LogP contribution >= 0.6 is 11.3 Å². The van der Waals surface area contributed by atoms with E-state index in [1.54, 1.807) is 59.9 Å². The Bertz CT molecular complexity index is 1120. The highest BCUT2D eigenvalue weighted by Crippen LogP contribution is 2.23. The van der Waals surface area contributed by atoms with Crippen LogP contribution < -0.4 is 10.1 Å². The number of anilines is 1. The second-order valence-electron chi connectivity index (χ2n) is 6.52. The molecule has 3 aromatic rings. The van der Waals surface area contributed by atoms with Crippen molar-refractivity contribution in [1.29, 1.82) is 0 Å². The Hall–Kier alpha value is -3.71. The number of nitrogens with one attached hydrogen (secondary N) is 1. The van der Waals surface area contributed by atoms with Crippen molar-refractivity contribution in [3.8, 4) is 5.75 Å². The Kier molecular flexibility index (Phi) is 5.72. The molecule has 6 nitrogen and oxygen atoms in total. The quantitative estimate of drug-likeness (QED) is 0.350. The summed E-state index contributed by atoms with van der Waals surface area (Å²) in [7, 11) is 0. The summed E-state index contributed by atoms with van der Waals surface area (Å²) in [6, 6.07) is 15.5. The zero-order chi connectivity index (χ0) is 20.9. The van der Waals surface area contributed by atoms with Crippen LogP contribution in [0.2, 0.25) is 0 Å². The van der Waals surface area contributed by atoms with E-state index in [1.165, 1.54) is 6.08 Å². The van der Waals surface area contributed by atoms with Gasteiger partial charge in [-0.2, -0.15) is 0 Å². The molecule has 0 fully saturated rings. The second-order valence-corrected chi connectivity index (χ2v) is 7.50. The number of fused-ring (bicyclic) bond motifs is 1. The van der Waals surface area contributed by atoms with E-state index >= 15 is 0 Å². The van der Waals surface area contributed by atoms with Crippen molar-refractivity contribution in [1.82, 2.24) is 0 Å². The highest BCUT2D eigenvalue weighted by molar-refractivity contribution is 7.10. The summed E-state index contributed by atoms with van der Waals surface area (Å²) < 4.78 is 10.4. The normalized spacial score (nSPS) is 12.5. The third-order valence-electron chi connectivity index (χ3n) is 4.42. The molecule has 1 amide bonds. The number of cyclic esters (lactones) is 1. The smallest absolute Gasteiger partial charge is 0.338 e. The first-order valence-corrected chi connectivity index (χ1v) is 10.0. The highest BCUT2D eigenvalue weighted by Gasteiger charge is 2.21. The average molecular weight is 419 g/mol. The number of amides is 1. The number of thiophene rings is 1. The molecule has 0 radical (unpaired) electrons. The molecular weight excluding hydrogens is 402 g/mol. The number of hydrogen-bond donors (Lipinski definition) is 1. The first-order valence-electron chi connectivity index (χ1n) is 9.17. The number of rotatable bonds is 7. The summed E-state index contributed by atoms with van der Waals surface area (Å²) in [4.78, 5) is 36.8. The molecule has 7 heteroatoms. The Morgan fingerprint density at radius 3 is 2.73 bits per heavy atom. The molecule has 0 spiro atoms. The van der Waals surface area contributed by atoms with Crippen molar-refractivity contribution in [2.24, 2.45) is 0 Å². The van der Waals surface area contributed by atoms with Gasteiger partial charge in [0.2, 0.25) is 0 Å². The standard InChI is InChI=1S/C23H17NO5S/c25-21(10-8-19-2-1-11-30-19)15-3-6-18(7-4-15)28-14-22(26)24-17-5-9-20-16(12-17)13-29-23(20)27/h1-12H,13-14H2,(H,24,26)/b10-8+. The Morgan fingerprint density at radius 2 is 1.97 bits per heavy atom. The number of benzene rings is 2. The summed E-state index contributed by atoms with van der Waals surface area (Å²) in [5, 5.41) is 4.67. The summed E-state index contributed by atoms with van der Waals surface area (Å²) in [5.74, 6) is -0.307. The summed E-state index contributed by atoms with van der Waals surface area (Å²) in [6.07, 6.45) is 3.31. The maximum Gasteiger partial charge on any atom is 0.338 e. The van der Waals surface area contributed by atoms with Crippen LogP contribution in [0.15, 0.2) is 66.1 Å². The molecule has 2 aromatic carbocycles. The number of ether oxygens (including phenoxy) is 2. The zero-order valence-electron chi connectivity index (χ0n) is 15.8. The number of hydrogen-bond acceptors (Lipinski definition) is 6. The fraction of sp³-hybridized carbons (Fsp3) is 0.0870.